The summed E-state index contributed by atoms with van der Waals surface area (Å²) in [7, 11) is 0. The first-order valence-corrected chi connectivity index (χ1v) is 7.82. The van der Waals surface area contributed by atoms with Gasteiger partial charge in [0.1, 0.15) is 0 Å². The Labute approximate surface area is 138 Å². The number of ketones is 1. The SMILES string of the molecule is CC(C=CC=C(C)/C=C/C1=C(C)C(=O)CCC1(C)C)=CC(=O)O. The molecule has 1 rings (SSSR count). The van der Waals surface area contributed by atoms with Gasteiger partial charge < -0.3 is 5.11 Å². The number of carbonyl (C=O) groups is 2. The van der Waals surface area contributed by atoms with Gasteiger partial charge in [-0.3, -0.25) is 4.79 Å². The Morgan fingerprint density at radius 1 is 1.17 bits per heavy atom. The molecule has 3 nitrogen and oxygen atoms in total. The van der Waals surface area contributed by atoms with Crippen LogP contribution in [0.2, 0.25) is 0 Å². The van der Waals surface area contributed by atoms with Gasteiger partial charge in [-0.15, -0.1) is 0 Å². The van der Waals surface area contributed by atoms with Gasteiger partial charge in [-0.25, -0.2) is 4.79 Å². The van der Waals surface area contributed by atoms with E-state index in [2.05, 4.69) is 13.8 Å². The predicted molar refractivity (Wildman–Crippen MR) is 94.2 cm³/mol. The molecule has 0 saturated carbocycles. The highest BCUT2D eigenvalue weighted by atomic mass is 16.4. The number of carboxylic acid groups (broad SMARTS) is 1. The maximum atomic E-state index is 11.9. The van der Waals surface area contributed by atoms with Gasteiger partial charge in [0.25, 0.3) is 0 Å². The Hall–Kier alpha value is -2.16. The van der Waals surface area contributed by atoms with Crippen LogP contribution in [0.5, 0.6) is 0 Å². The van der Waals surface area contributed by atoms with Crippen molar-refractivity contribution in [2.24, 2.45) is 5.41 Å². The lowest BCUT2D eigenvalue weighted by Gasteiger charge is -2.32. The van der Waals surface area contributed by atoms with E-state index in [-0.39, 0.29) is 11.2 Å². The van der Waals surface area contributed by atoms with Crippen molar-refractivity contribution in [3.8, 4) is 0 Å². The highest BCUT2D eigenvalue weighted by Gasteiger charge is 2.30. The van der Waals surface area contributed by atoms with Crippen molar-refractivity contribution in [1.82, 2.24) is 0 Å². The monoisotopic (exact) mass is 314 g/mol. The van der Waals surface area contributed by atoms with Crippen molar-refractivity contribution in [3.63, 3.8) is 0 Å². The molecule has 0 fully saturated rings. The molecule has 0 bridgehead atoms. The Morgan fingerprint density at radius 3 is 2.43 bits per heavy atom. The van der Waals surface area contributed by atoms with Gasteiger partial charge in [-0.2, -0.15) is 0 Å². The van der Waals surface area contributed by atoms with Crippen molar-refractivity contribution >= 4 is 11.8 Å². The summed E-state index contributed by atoms with van der Waals surface area (Å²) in [6, 6.07) is 0. The number of aliphatic carboxylic acids is 1. The summed E-state index contributed by atoms with van der Waals surface area (Å²) in [6.45, 7) is 9.96. The molecule has 0 amide bonds. The fraction of sp³-hybridized carbons (Fsp3) is 0.400. The molecule has 0 aromatic heterocycles. The molecular weight excluding hydrogens is 288 g/mol. The lowest BCUT2D eigenvalue weighted by Crippen LogP contribution is -2.24. The molecule has 124 valence electrons. The van der Waals surface area contributed by atoms with Gasteiger partial charge >= 0.3 is 5.97 Å². The molecule has 3 heteroatoms. The van der Waals surface area contributed by atoms with E-state index in [1.165, 1.54) is 6.08 Å². The van der Waals surface area contributed by atoms with Crippen molar-refractivity contribution in [3.05, 3.63) is 58.7 Å². The van der Waals surface area contributed by atoms with E-state index in [1.54, 1.807) is 13.0 Å². The summed E-state index contributed by atoms with van der Waals surface area (Å²) in [6.07, 6.45) is 12.2. The maximum absolute atomic E-state index is 11.9. The molecule has 1 aliphatic rings. The van der Waals surface area contributed by atoms with Crippen LogP contribution < -0.4 is 0 Å². The lowest BCUT2D eigenvalue weighted by molar-refractivity contribution is -0.131. The fourth-order valence-electron chi connectivity index (χ4n) is 2.62. The van der Waals surface area contributed by atoms with Crippen molar-refractivity contribution in [2.75, 3.05) is 0 Å². The first kappa shape index (κ1) is 18.9. The number of rotatable bonds is 5. The van der Waals surface area contributed by atoms with Crippen LogP contribution in [-0.4, -0.2) is 16.9 Å². The topological polar surface area (TPSA) is 54.4 Å². The summed E-state index contributed by atoms with van der Waals surface area (Å²) in [5.74, 6) is -0.709. The molecule has 0 heterocycles. The van der Waals surface area contributed by atoms with Crippen molar-refractivity contribution in [1.29, 1.82) is 0 Å². The highest BCUT2D eigenvalue weighted by molar-refractivity contribution is 5.97. The molecule has 0 aliphatic heterocycles. The molecule has 0 aromatic rings. The zero-order valence-corrected chi connectivity index (χ0v) is 14.6. The Balaban J connectivity index is 2.89. The van der Waals surface area contributed by atoms with E-state index in [0.29, 0.717) is 12.0 Å². The van der Waals surface area contributed by atoms with Gasteiger partial charge in [-0.1, -0.05) is 49.8 Å². The normalized spacial score (nSPS) is 20.0. The molecule has 0 atom stereocenters. The van der Waals surface area contributed by atoms with E-state index in [0.717, 1.165) is 23.1 Å². The minimum absolute atomic E-state index is 0.0193. The third-order valence-corrected chi connectivity index (χ3v) is 4.11. The second kappa shape index (κ2) is 7.91. The Kier molecular flexibility index (Phi) is 6.49. The van der Waals surface area contributed by atoms with Crippen molar-refractivity contribution < 1.29 is 14.7 Å². The van der Waals surface area contributed by atoms with Gasteiger partial charge in [0, 0.05) is 12.5 Å². The Morgan fingerprint density at radius 2 is 1.83 bits per heavy atom. The number of hydrogen-bond acceptors (Lipinski definition) is 2. The molecule has 1 N–H and O–H groups in total. The molecule has 0 saturated heterocycles. The number of carboxylic acids is 1. The molecule has 0 radical (unpaired) electrons. The summed E-state index contributed by atoms with van der Waals surface area (Å²) >= 11 is 0. The van der Waals surface area contributed by atoms with Gasteiger partial charge in [0.15, 0.2) is 5.78 Å². The summed E-state index contributed by atoms with van der Waals surface area (Å²) in [4.78, 5) is 22.4. The minimum Gasteiger partial charge on any atom is -0.478 e. The lowest BCUT2D eigenvalue weighted by atomic mass is 9.72. The van der Waals surface area contributed by atoms with Crippen LogP contribution in [0.15, 0.2) is 58.7 Å². The maximum Gasteiger partial charge on any atom is 0.328 e. The van der Waals surface area contributed by atoms with E-state index < -0.39 is 5.97 Å². The van der Waals surface area contributed by atoms with Gasteiger partial charge in [0.2, 0.25) is 0 Å². The van der Waals surface area contributed by atoms with E-state index in [4.69, 9.17) is 5.11 Å². The standard InChI is InChI=1S/C20H26O3/c1-14(7-6-8-15(2)13-19(22)23)9-10-17-16(3)18(21)11-12-20(17,4)5/h6-10,13H,11-12H2,1-5H3,(H,22,23)/b8-6?,10-9+,14-7?,15-13?. The summed E-state index contributed by atoms with van der Waals surface area (Å²) in [5, 5.41) is 8.65. The van der Waals surface area contributed by atoms with Crippen LogP contribution in [0.3, 0.4) is 0 Å². The average molecular weight is 314 g/mol. The van der Waals surface area contributed by atoms with Crippen LogP contribution in [-0.2, 0) is 9.59 Å². The highest BCUT2D eigenvalue weighted by Crippen LogP contribution is 2.39. The van der Waals surface area contributed by atoms with E-state index in [1.807, 2.05) is 38.2 Å². The third kappa shape index (κ3) is 5.85. The smallest absolute Gasteiger partial charge is 0.328 e. The second-order valence-electron chi connectivity index (χ2n) is 6.68. The third-order valence-electron chi connectivity index (χ3n) is 4.11. The molecule has 23 heavy (non-hydrogen) atoms. The number of hydrogen-bond donors (Lipinski definition) is 1. The van der Waals surface area contributed by atoms with Crippen LogP contribution in [0.25, 0.3) is 0 Å². The van der Waals surface area contributed by atoms with Crippen LogP contribution in [0.4, 0.5) is 0 Å². The van der Waals surface area contributed by atoms with Crippen LogP contribution in [0.1, 0.15) is 47.5 Å². The number of allylic oxidation sites excluding steroid dienone is 9. The first-order valence-electron chi connectivity index (χ1n) is 7.82. The zero-order chi connectivity index (χ0) is 17.6. The van der Waals surface area contributed by atoms with Gasteiger partial charge in [0.05, 0.1) is 0 Å². The quantitative estimate of drug-likeness (QED) is 0.587. The number of Topliss-reactive ketones (excluding diaryl/α,β-unsaturated/α-hetero) is 1. The molecule has 0 aromatic carbocycles. The second-order valence-corrected chi connectivity index (χ2v) is 6.68. The largest absolute Gasteiger partial charge is 0.478 e. The van der Waals surface area contributed by atoms with Gasteiger partial charge in [-0.05, 0) is 49.3 Å². The fourth-order valence-corrected chi connectivity index (χ4v) is 2.62. The Bertz CT molecular complexity index is 638. The molecule has 1 aliphatic carbocycles. The number of carbonyl (C=O) groups excluding carboxylic acids is 1. The van der Waals surface area contributed by atoms with E-state index >= 15 is 0 Å². The summed E-state index contributed by atoms with van der Waals surface area (Å²) in [5.41, 5.74) is 3.71. The molecular formula is C20H26O3. The average Bonchev–Trinajstić information content (AvgIpc) is 2.42. The van der Waals surface area contributed by atoms with Crippen LogP contribution >= 0.6 is 0 Å². The minimum atomic E-state index is -0.945. The van der Waals surface area contributed by atoms with Crippen LogP contribution in [0, 0.1) is 5.41 Å². The van der Waals surface area contributed by atoms with E-state index in [9.17, 15) is 9.59 Å². The predicted octanol–water partition coefficient (Wildman–Crippen LogP) is 4.78. The summed E-state index contributed by atoms with van der Waals surface area (Å²) < 4.78 is 0. The van der Waals surface area contributed by atoms with Crippen molar-refractivity contribution in [2.45, 2.75) is 47.5 Å². The molecule has 0 spiro atoms. The zero-order valence-electron chi connectivity index (χ0n) is 14.6. The first-order chi connectivity index (χ1) is 10.6. The molecule has 0 unspecified atom stereocenters.